The number of aliphatic hydroxyl groups excluding tert-OH is 1. The summed E-state index contributed by atoms with van der Waals surface area (Å²) in [5.74, 6) is -15.5. The monoisotopic (exact) mass is 1050 g/mol. The van der Waals surface area contributed by atoms with Crippen molar-refractivity contribution in [3.63, 3.8) is 0 Å². The van der Waals surface area contributed by atoms with Gasteiger partial charge in [-0.2, -0.15) is 12.6 Å². The molecule has 29 nitrogen and oxygen atoms in total. The Morgan fingerprint density at radius 1 is 0.514 bits per heavy atom. The highest BCUT2D eigenvalue weighted by Gasteiger charge is 2.37. The fourth-order valence-corrected chi connectivity index (χ4v) is 6.64. The summed E-state index contributed by atoms with van der Waals surface area (Å²) in [5.41, 5.74) is 27.4. The number of nitrogens with zero attached hydrogens (tertiary/aromatic N) is 1. The van der Waals surface area contributed by atoms with Crippen molar-refractivity contribution in [1.29, 1.82) is 0 Å². The van der Waals surface area contributed by atoms with Crippen molar-refractivity contribution in [2.24, 2.45) is 51.4 Å². The lowest BCUT2D eigenvalue weighted by atomic mass is 10.0. The van der Waals surface area contributed by atoms with Gasteiger partial charge in [0.05, 0.1) is 25.0 Å². The van der Waals surface area contributed by atoms with E-state index in [1.165, 1.54) is 13.8 Å². The van der Waals surface area contributed by atoms with Crippen molar-refractivity contribution >= 4 is 89.6 Å². The molecule has 10 amide bonds. The molecule has 0 heterocycles. The van der Waals surface area contributed by atoms with Crippen LogP contribution in [-0.4, -0.2) is 165 Å². The molecule has 0 aliphatic heterocycles. The van der Waals surface area contributed by atoms with Gasteiger partial charge in [0, 0.05) is 18.7 Å². The molecule has 0 fully saturated rings. The van der Waals surface area contributed by atoms with E-state index in [2.05, 4.69) is 60.2 Å². The number of hydrogen-bond donors (Lipinski definition) is 17. The van der Waals surface area contributed by atoms with E-state index in [1.54, 1.807) is 27.7 Å². The molecular weight excluding hydrogens is 973 g/mol. The van der Waals surface area contributed by atoms with Crippen LogP contribution in [0.3, 0.4) is 0 Å². The van der Waals surface area contributed by atoms with E-state index in [1.807, 2.05) is 0 Å². The van der Waals surface area contributed by atoms with Gasteiger partial charge in [0.1, 0.15) is 48.3 Å². The van der Waals surface area contributed by atoms with E-state index in [4.69, 9.17) is 28.7 Å². The van der Waals surface area contributed by atoms with E-state index < -0.39 is 169 Å². The Hall–Kier alpha value is -6.82. The Balaban J connectivity index is 6.80. The summed E-state index contributed by atoms with van der Waals surface area (Å²) in [7, 11) is 0. The maximum absolute atomic E-state index is 14.0. The highest BCUT2D eigenvalue weighted by molar-refractivity contribution is 7.80. The second-order valence-electron chi connectivity index (χ2n) is 18.0. The van der Waals surface area contributed by atoms with Crippen molar-refractivity contribution in [1.82, 2.24) is 42.5 Å². The molecule has 0 aromatic heterocycles. The number of carbonyl (C=O) groups excluding carboxylic acids is 10. The molecular formula is C42H74N14O15S. The van der Waals surface area contributed by atoms with Gasteiger partial charge in [0.15, 0.2) is 5.96 Å². The van der Waals surface area contributed by atoms with Gasteiger partial charge in [-0.25, -0.2) is 4.79 Å². The van der Waals surface area contributed by atoms with E-state index in [0.29, 0.717) is 0 Å². The van der Waals surface area contributed by atoms with Crippen molar-refractivity contribution in [3.8, 4) is 0 Å². The number of amides is 10. The number of nitrogens with one attached hydrogen (secondary N) is 8. The van der Waals surface area contributed by atoms with Crippen LogP contribution >= 0.6 is 12.6 Å². The number of aliphatic hydroxyl groups is 1. The third-order valence-electron chi connectivity index (χ3n) is 10.3. The van der Waals surface area contributed by atoms with Crippen molar-refractivity contribution in [2.45, 2.75) is 154 Å². The second-order valence-corrected chi connectivity index (χ2v) is 18.3. The zero-order chi connectivity index (χ0) is 55.7. The molecule has 0 unspecified atom stereocenters. The van der Waals surface area contributed by atoms with Crippen LogP contribution in [0.1, 0.15) is 93.4 Å². The first kappa shape index (κ1) is 65.2. The quantitative estimate of drug-likeness (QED) is 0.0123. The average molecular weight is 1050 g/mol. The van der Waals surface area contributed by atoms with E-state index in [0.717, 1.165) is 6.92 Å². The molecule has 0 spiro atoms. The maximum Gasteiger partial charge on any atom is 0.326 e. The summed E-state index contributed by atoms with van der Waals surface area (Å²) in [6.07, 6.45) is -5.05. The Kier molecular flexibility index (Phi) is 29.2. The number of carboxylic acids is 2. The topological polar surface area (TPSA) is 504 Å². The SMILES string of the molecule is CC(C)C[C@H](NC(=O)[C@H](CC(N)=O)NC(=O)[C@H](CCCN=C(N)N)NC(=O)[C@H](CC(N)=O)NC(=O)[C@@H](NC(=O)[C@@H](N)CS)C(C)C)C(=O)N[C@H](C(=O)N[C@@H](CCC(=O)O)C(=O)N[C@H](C(=O)O)C(C)C)[C@@H](C)O. The molecule has 0 aliphatic carbocycles. The van der Waals surface area contributed by atoms with Crippen LogP contribution in [0.4, 0.5) is 0 Å². The third-order valence-corrected chi connectivity index (χ3v) is 10.7. The molecule has 0 rings (SSSR count). The third kappa shape index (κ3) is 24.8. The van der Waals surface area contributed by atoms with Crippen LogP contribution in [0, 0.1) is 17.8 Å². The fraction of sp³-hybridized carbons (Fsp3) is 0.690. The summed E-state index contributed by atoms with van der Waals surface area (Å²) >= 11 is 3.97. The predicted molar refractivity (Wildman–Crippen MR) is 260 cm³/mol. The van der Waals surface area contributed by atoms with E-state index in [9.17, 15) is 72.9 Å². The Bertz CT molecular complexity index is 1970. The van der Waals surface area contributed by atoms with Gasteiger partial charge in [-0.1, -0.05) is 41.5 Å². The molecule has 0 radical (unpaired) electrons. The first-order valence-electron chi connectivity index (χ1n) is 22.9. The molecule has 0 aromatic rings. The smallest absolute Gasteiger partial charge is 0.326 e. The summed E-state index contributed by atoms with van der Waals surface area (Å²) < 4.78 is 0. The summed E-state index contributed by atoms with van der Waals surface area (Å²) in [4.78, 5) is 160. The Morgan fingerprint density at radius 2 is 0.903 bits per heavy atom. The lowest BCUT2D eigenvalue weighted by Crippen LogP contribution is -2.62. The molecule has 0 aliphatic rings. The minimum absolute atomic E-state index is 0.0108. The summed E-state index contributed by atoms with van der Waals surface area (Å²) in [6.45, 7) is 10.4. The van der Waals surface area contributed by atoms with Crippen molar-refractivity contribution < 1.29 is 72.9 Å². The maximum atomic E-state index is 14.0. The molecule has 30 heteroatoms. The molecule has 0 aromatic carbocycles. The number of aliphatic imine (C=N–C) groups is 1. The number of rotatable bonds is 34. The van der Waals surface area contributed by atoms with Gasteiger partial charge in [0.2, 0.25) is 59.1 Å². The Morgan fingerprint density at radius 3 is 1.33 bits per heavy atom. The lowest BCUT2D eigenvalue weighted by molar-refractivity contribution is -0.144. The van der Waals surface area contributed by atoms with Gasteiger partial charge >= 0.3 is 11.9 Å². The highest BCUT2D eigenvalue weighted by atomic mass is 32.1. The number of hydrogen-bond acceptors (Lipinski definition) is 16. The van der Waals surface area contributed by atoms with E-state index in [-0.39, 0.29) is 43.4 Å². The van der Waals surface area contributed by atoms with Crippen LogP contribution in [0.5, 0.6) is 0 Å². The van der Waals surface area contributed by atoms with Gasteiger partial charge in [0.25, 0.3) is 0 Å². The van der Waals surface area contributed by atoms with Gasteiger partial charge < -0.3 is 86.5 Å². The van der Waals surface area contributed by atoms with Crippen LogP contribution in [0.25, 0.3) is 0 Å². The van der Waals surface area contributed by atoms with Crippen molar-refractivity contribution in [2.75, 3.05) is 12.3 Å². The largest absolute Gasteiger partial charge is 0.481 e. The number of thiol groups is 1. The second kappa shape index (κ2) is 32.2. The van der Waals surface area contributed by atoms with Crippen LogP contribution < -0.4 is 71.2 Å². The average Bonchev–Trinajstić information content (AvgIpc) is 3.26. The lowest BCUT2D eigenvalue weighted by Gasteiger charge is -2.29. The summed E-state index contributed by atoms with van der Waals surface area (Å²) in [6, 6.07) is -14.2. The molecule has 21 N–H and O–H groups in total. The predicted octanol–water partition coefficient (Wildman–Crippen LogP) is -6.39. The number of guanidine groups is 1. The molecule has 408 valence electrons. The highest BCUT2D eigenvalue weighted by Crippen LogP contribution is 2.11. The zero-order valence-electron chi connectivity index (χ0n) is 41.4. The number of carbonyl (C=O) groups is 12. The molecule has 0 saturated carbocycles. The van der Waals surface area contributed by atoms with Crippen LogP contribution in [0.2, 0.25) is 0 Å². The van der Waals surface area contributed by atoms with Gasteiger partial charge in [-0.05, 0) is 50.4 Å². The van der Waals surface area contributed by atoms with Crippen LogP contribution in [-0.2, 0) is 57.5 Å². The molecule has 10 atom stereocenters. The minimum atomic E-state index is -1.87. The number of aliphatic carboxylic acids is 2. The molecule has 72 heavy (non-hydrogen) atoms. The number of primary amides is 2. The summed E-state index contributed by atoms with van der Waals surface area (Å²) in [5, 5.41) is 48.0. The minimum Gasteiger partial charge on any atom is -0.481 e. The molecule has 0 saturated heterocycles. The van der Waals surface area contributed by atoms with Gasteiger partial charge in [-0.3, -0.25) is 57.7 Å². The Labute approximate surface area is 421 Å². The van der Waals surface area contributed by atoms with Crippen molar-refractivity contribution in [3.05, 3.63) is 0 Å². The standard InChI is InChI=1S/C42H74N14O15S/c1-17(2)13-24(38(67)56-32(20(7)57)40(69)50-23(10-11-29(60)61)35(64)55-31(19(5)6)41(70)71)51-37(66)25(14-27(44)58)52-34(63)22(9-8-12-48-42(46)47)49-36(65)26(15-28(45)59)53-39(68)30(18(3)4)54-33(62)21(43)16-72/h17-26,30-32,57,72H,8-16,43H2,1-7H3,(H2,44,58)(H2,45,59)(H,49,65)(H,50,69)(H,51,66)(H,52,63)(H,53,68)(H,54,62)(H,55,64)(H,56,67)(H,60,61)(H,70,71)(H4,46,47,48)/t20-,21+,22+,23+,24+,25+,26+,30+,31+,32+/m1/s1. The number of nitrogens with two attached hydrogens (primary N) is 5. The molecule has 0 bridgehead atoms. The normalized spacial score (nSPS) is 15.3. The fourth-order valence-electron chi connectivity index (χ4n) is 6.48. The van der Waals surface area contributed by atoms with Gasteiger partial charge in [-0.15, -0.1) is 0 Å². The van der Waals surface area contributed by atoms with E-state index >= 15 is 0 Å². The number of carboxylic acid groups (broad SMARTS) is 2. The first-order chi connectivity index (χ1) is 33.3. The first-order valence-corrected chi connectivity index (χ1v) is 23.5. The van der Waals surface area contributed by atoms with Crippen LogP contribution in [0.15, 0.2) is 4.99 Å². The zero-order valence-corrected chi connectivity index (χ0v) is 42.3.